The molecule has 25 heavy (non-hydrogen) atoms. The number of hydrogen-bond acceptors (Lipinski definition) is 6. The summed E-state index contributed by atoms with van der Waals surface area (Å²) < 4.78 is 30.1. The number of rotatable bonds is 9. The summed E-state index contributed by atoms with van der Waals surface area (Å²) in [7, 11) is -3.36. The van der Waals surface area contributed by atoms with E-state index in [1.54, 1.807) is 12.1 Å². The van der Waals surface area contributed by atoms with Crippen LogP contribution in [0.4, 0.5) is 0 Å². The van der Waals surface area contributed by atoms with Gasteiger partial charge in [0.15, 0.2) is 11.9 Å². The molecule has 2 N–H and O–H groups in total. The summed E-state index contributed by atoms with van der Waals surface area (Å²) in [5.74, 6) is -0.744. The van der Waals surface area contributed by atoms with Gasteiger partial charge in [0.25, 0.3) is 0 Å². The van der Waals surface area contributed by atoms with Crippen molar-refractivity contribution in [2.75, 3.05) is 12.8 Å². The third-order valence-corrected chi connectivity index (χ3v) is 4.71. The Labute approximate surface area is 148 Å². The number of ketones is 1. The van der Waals surface area contributed by atoms with E-state index in [1.165, 1.54) is 0 Å². The summed E-state index contributed by atoms with van der Waals surface area (Å²) in [4.78, 5) is 24.8. The van der Waals surface area contributed by atoms with E-state index >= 15 is 0 Å². The molecule has 1 atom stereocenters. The lowest BCUT2D eigenvalue weighted by Crippen LogP contribution is -2.33. The van der Waals surface area contributed by atoms with Gasteiger partial charge in [-0.15, -0.1) is 0 Å². The number of ether oxygens (including phenoxy) is 1. The largest absolute Gasteiger partial charge is 0.451 e. The summed E-state index contributed by atoms with van der Waals surface area (Å²) in [5.41, 5.74) is 2.39. The van der Waals surface area contributed by atoms with Crippen LogP contribution < -0.4 is 10.0 Å². The van der Waals surface area contributed by atoms with Crippen molar-refractivity contribution in [1.29, 1.82) is 0 Å². The maximum atomic E-state index is 12.5. The average molecular weight is 368 g/mol. The minimum atomic E-state index is -3.36. The van der Waals surface area contributed by atoms with Crippen LogP contribution in [0.2, 0.25) is 0 Å². The van der Waals surface area contributed by atoms with Crippen LogP contribution in [-0.4, -0.2) is 39.1 Å². The third-order valence-electron chi connectivity index (χ3n) is 3.99. The van der Waals surface area contributed by atoms with E-state index in [4.69, 9.17) is 4.74 Å². The standard InChI is InChI=1S/C17H24N2O5S/c1-3-5-15(20)16(8-9-19-25(2,22)23)24-17(21)13-7-4-6-12-10-18-11-14(12)13/h4,6-7,16,18-19H,3,5,8-11H2,1-2H3. The lowest BCUT2D eigenvalue weighted by Gasteiger charge is -2.18. The molecule has 1 heterocycles. The predicted octanol–water partition coefficient (Wildman–Crippen LogP) is 1.12. The molecule has 0 radical (unpaired) electrons. The molecule has 1 aromatic rings. The summed E-state index contributed by atoms with van der Waals surface area (Å²) in [6.07, 6.45) is 1.13. The van der Waals surface area contributed by atoms with Gasteiger partial charge in [-0.2, -0.15) is 0 Å². The van der Waals surface area contributed by atoms with Crippen molar-refractivity contribution in [3.63, 3.8) is 0 Å². The van der Waals surface area contributed by atoms with Crippen LogP contribution in [0.1, 0.15) is 47.7 Å². The molecule has 0 fully saturated rings. The molecule has 2 rings (SSSR count). The minimum absolute atomic E-state index is 0.0423. The Morgan fingerprint density at radius 2 is 2.08 bits per heavy atom. The van der Waals surface area contributed by atoms with E-state index in [0.717, 1.165) is 17.4 Å². The van der Waals surface area contributed by atoms with Crippen LogP contribution >= 0.6 is 0 Å². The van der Waals surface area contributed by atoms with Gasteiger partial charge in [-0.05, 0) is 23.6 Å². The highest BCUT2D eigenvalue weighted by atomic mass is 32.2. The smallest absolute Gasteiger partial charge is 0.339 e. The third kappa shape index (κ3) is 5.62. The second-order valence-corrected chi connectivity index (χ2v) is 7.95. The first-order valence-electron chi connectivity index (χ1n) is 8.31. The van der Waals surface area contributed by atoms with Crippen molar-refractivity contribution >= 4 is 21.8 Å². The molecule has 1 aromatic carbocycles. The van der Waals surface area contributed by atoms with Gasteiger partial charge < -0.3 is 10.1 Å². The van der Waals surface area contributed by atoms with Crippen LogP contribution in [0.15, 0.2) is 18.2 Å². The van der Waals surface area contributed by atoms with Crippen LogP contribution in [0, 0.1) is 0 Å². The van der Waals surface area contributed by atoms with Gasteiger partial charge >= 0.3 is 5.97 Å². The molecule has 0 spiro atoms. The number of carbonyl (C=O) groups is 2. The van der Waals surface area contributed by atoms with Gasteiger partial charge in [-0.1, -0.05) is 19.1 Å². The molecular formula is C17H24N2O5S. The zero-order valence-corrected chi connectivity index (χ0v) is 15.3. The molecule has 7 nitrogen and oxygen atoms in total. The van der Waals surface area contributed by atoms with Gasteiger partial charge in [0.2, 0.25) is 10.0 Å². The predicted molar refractivity (Wildman–Crippen MR) is 93.6 cm³/mol. The quantitative estimate of drug-likeness (QED) is 0.634. The molecule has 1 unspecified atom stereocenters. The summed E-state index contributed by atoms with van der Waals surface area (Å²) >= 11 is 0. The monoisotopic (exact) mass is 368 g/mol. The Bertz CT molecular complexity index is 745. The van der Waals surface area contributed by atoms with E-state index in [-0.39, 0.29) is 25.2 Å². The Morgan fingerprint density at radius 1 is 1.32 bits per heavy atom. The van der Waals surface area contributed by atoms with Crippen molar-refractivity contribution < 1.29 is 22.7 Å². The molecule has 0 aromatic heterocycles. The van der Waals surface area contributed by atoms with Gasteiger partial charge in [-0.3, -0.25) is 4.79 Å². The van der Waals surface area contributed by atoms with Crippen molar-refractivity contribution in [1.82, 2.24) is 10.0 Å². The fourth-order valence-electron chi connectivity index (χ4n) is 2.78. The van der Waals surface area contributed by atoms with E-state index in [2.05, 4.69) is 10.0 Å². The van der Waals surface area contributed by atoms with E-state index < -0.39 is 22.1 Å². The molecule has 1 aliphatic rings. The first-order valence-corrected chi connectivity index (χ1v) is 10.2. The fraction of sp³-hybridized carbons (Fsp3) is 0.529. The van der Waals surface area contributed by atoms with Crippen LogP contribution in [0.5, 0.6) is 0 Å². The molecule has 0 bridgehead atoms. The van der Waals surface area contributed by atoms with Gasteiger partial charge in [0.1, 0.15) is 0 Å². The van der Waals surface area contributed by atoms with Gasteiger partial charge in [0.05, 0.1) is 11.8 Å². The number of Topliss-reactive ketones (excluding diaryl/α,β-unsaturated/α-hetero) is 1. The summed E-state index contributed by atoms with van der Waals surface area (Å²) in [5, 5.41) is 3.18. The maximum absolute atomic E-state index is 12.5. The zero-order chi connectivity index (χ0) is 18.4. The molecule has 0 amide bonds. The van der Waals surface area contributed by atoms with Crippen molar-refractivity contribution in [3.05, 3.63) is 34.9 Å². The number of esters is 1. The number of fused-ring (bicyclic) bond motifs is 1. The molecular weight excluding hydrogens is 344 g/mol. The van der Waals surface area contributed by atoms with Crippen molar-refractivity contribution in [3.8, 4) is 0 Å². The Hall–Kier alpha value is -1.77. The first kappa shape index (κ1) is 19.6. The minimum Gasteiger partial charge on any atom is -0.451 e. The number of sulfonamides is 1. The lowest BCUT2D eigenvalue weighted by atomic mass is 10.0. The summed E-state index contributed by atoms with van der Waals surface area (Å²) in [6.45, 7) is 3.19. The Balaban J connectivity index is 2.08. The average Bonchev–Trinajstić information content (AvgIpc) is 3.01. The lowest BCUT2D eigenvalue weighted by molar-refractivity contribution is -0.128. The zero-order valence-electron chi connectivity index (χ0n) is 14.5. The number of benzene rings is 1. The summed E-state index contributed by atoms with van der Waals surface area (Å²) in [6, 6.07) is 5.42. The Morgan fingerprint density at radius 3 is 2.76 bits per heavy atom. The highest BCUT2D eigenvalue weighted by Gasteiger charge is 2.26. The number of hydrogen-bond donors (Lipinski definition) is 2. The normalized spacial score (nSPS) is 14.8. The highest BCUT2D eigenvalue weighted by molar-refractivity contribution is 7.88. The highest BCUT2D eigenvalue weighted by Crippen LogP contribution is 2.21. The van der Waals surface area contributed by atoms with Crippen molar-refractivity contribution in [2.45, 2.75) is 45.4 Å². The molecule has 0 aliphatic carbocycles. The van der Waals surface area contributed by atoms with E-state index in [0.29, 0.717) is 25.1 Å². The maximum Gasteiger partial charge on any atom is 0.339 e. The second kappa shape index (κ2) is 8.55. The number of carbonyl (C=O) groups excluding carboxylic acids is 2. The van der Waals surface area contributed by atoms with Gasteiger partial charge in [-0.25, -0.2) is 17.9 Å². The molecule has 0 saturated heterocycles. The SMILES string of the molecule is CCCC(=O)C(CCNS(C)(=O)=O)OC(=O)c1cccc2c1CNC2. The molecule has 1 aliphatic heterocycles. The molecule has 138 valence electrons. The first-order chi connectivity index (χ1) is 11.8. The molecule has 0 saturated carbocycles. The van der Waals surface area contributed by atoms with Gasteiger partial charge in [0, 0.05) is 32.5 Å². The van der Waals surface area contributed by atoms with Crippen LogP contribution in [-0.2, 0) is 32.6 Å². The number of nitrogens with one attached hydrogen (secondary N) is 2. The van der Waals surface area contributed by atoms with Crippen LogP contribution in [0.3, 0.4) is 0 Å². The van der Waals surface area contributed by atoms with Crippen molar-refractivity contribution in [2.24, 2.45) is 0 Å². The second-order valence-electron chi connectivity index (χ2n) is 6.11. The Kier molecular flexibility index (Phi) is 6.69. The van der Waals surface area contributed by atoms with E-state index in [1.807, 2.05) is 13.0 Å². The van der Waals surface area contributed by atoms with Crippen LogP contribution in [0.25, 0.3) is 0 Å². The molecule has 8 heteroatoms. The van der Waals surface area contributed by atoms with E-state index in [9.17, 15) is 18.0 Å². The fourth-order valence-corrected chi connectivity index (χ4v) is 3.27. The topological polar surface area (TPSA) is 102 Å².